The molecule has 1 aromatic heterocycles. The SMILES string of the molecule is CN(Cc1ccccc1)c1ccnc(N2CCc3ccccc32)n1. The summed E-state index contributed by atoms with van der Waals surface area (Å²) in [6, 6.07) is 20.9. The molecular weight excluding hydrogens is 296 g/mol. The Bertz CT molecular complexity index is 832. The predicted octanol–water partition coefficient (Wildman–Crippen LogP) is 3.81. The van der Waals surface area contributed by atoms with Crippen LogP contribution in [0.1, 0.15) is 11.1 Å². The van der Waals surface area contributed by atoms with Crippen molar-refractivity contribution in [3.63, 3.8) is 0 Å². The monoisotopic (exact) mass is 316 g/mol. The summed E-state index contributed by atoms with van der Waals surface area (Å²) in [5, 5.41) is 0. The van der Waals surface area contributed by atoms with E-state index in [9.17, 15) is 0 Å². The molecule has 120 valence electrons. The number of nitrogens with zero attached hydrogens (tertiary/aromatic N) is 4. The van der Waals surface area contributed by atoms with E-state index in [2.05, 4.69) is 70.4 Å². The Labute approximate surface area is 142 Å². The zero-order valence-electron chi connectivity index (χ0n) is 13.8. The van der Waals surface area contributed by atoms with Crippen molar-refractivity contribution < 1.29 is 0 Å². The highest BCUT2D eigenvalue weighted by molar-refractivity contribution is 5.66. The van der Waals surface area contributed by atoms with E-state index in [1.54, 1.807) is 0 Å². The van der Waals surface area contributed by atoms with Gasteiger partial charge in [-0.3, -0.25) is 0 Å². The van der Waals surface area contributed by atoms with E-state index >= 15 is 0 Å². The first-order valence-corrected chi connectivity index (χ1v) is 8.25. The van der Waals surface area contributed by atoms with Crippen molar-refractivity contribution in [3.8, 4) is 0 Å². The lowest BCUT2D eigenvalue weighted by Gasteiger charge is -2.21. The molecule has 0 saturated carbocycles. The van der Waals surface area contributed by atoms with Crippen molar-refractivity contribution >= 4 is 17.5 Å². The lowest BCUT2D eigenvalue weighted by Crippen LogP contribution is -2.21. The zero-order valence-corrected chi connectivity index (χ0v) is 13.8. The number of para-hydroxylation sites is 1. The second-order valence-electron chi connectivity index (χ2n) is 6.09. The molecule has 0 bridgehead atoms. The third kappa shape index (κ3) is 2.83. The van der Waals surface area contributed by atoms with Crippen LogP contribution in [-0.2, 0) is 13.0 Å². The van der Waals surface area contributed by atoms with E-state index in [4.69, 9.17) is 4.98 Å². The molecule has 2 heterocycles. The van der Waals surface area contributed by atoms with Gasteiger partial charge in [0.15, 0.2) is 0 Å². The topological polar surface area (TPSA) is 32.3 Å². The zero-order chi connectivity index (χ0) is 16.4. The normalized spacial score (nSPS) is 13.0. The van der Waals surface area contributed by atoms with E-state index in [1.807, 2.05) is 18.3 Å². The molecule has 0 unspecified atom stereocenters. The van der Waals surface area contributed by atoms with Gasteiger partial charge in [-0.15, -0.1) is 0 Å². The number of rotatable bonds is 4. The molecule has 4 nitrogen and oxygen atoms in total. The molecule has 0 fully saturated rings. The molecule has 0 spiro atoms. The van der Waals surface area contributed by atoms with Crippen LogP contribution in [0.4, 0.5) is 17.5 Å². The molecule has 0 amide bonds. The predicted molar refractivity (Wildman–Crippen MR) is 97.7 cm³/mol. The molecule has 0 N–H and O–H groups in total. The van der Waals surface area contributed by atoms with Gasteiger partial charge in [0, 0.05) is 32.0 Å². The summed E-state index contributed by atoms with van der Waals surface area (Å²) in [6.07, 6.45) is 2.89. The first kappa shape index (κ1) is 14.7. The number of benzene rings is 2. The highest BCUT2D eigenvalue weighted by atomic mass is 15.3. The number of fused-ring (bicyclic) bond motifs is 1. The summed E-state index contributed by atoms with van der Waals surface area (Å²) < 4.78 is 0. The van der Waals surface area contributed by atoms with Gasteiger partial charge in [0.2, 0.25) is 5.95 Å². The molecule has 0 radical (unpaired) electrons. The summed E-state index contributed by atoms with van der Waals surface area (Å²) in [5.74, 6) is 1.71. The molecule has 24 heavy (non-hydrogen) atoms. The fraction of sp³-hybridized carbons (Fsp3) is 0.200. The maximum atomic E-state index is 4.79. The summed E-state index contributed by atoms with van der Waals surface area (Å²) in [4.78, 5) is 13.6. The maximum Gasteiger partial charge on any atom is 0.231 e. The minimum absolute atomic E-state index is 0.775. The van der Waals surface area contributed by atoms with Gasteiger partial charge in [0.1, 0.15) is 5.82 Å². The Hall–Kier alpha value is -2.88. The van der Waals surface area contributed by atoms with E-state index < -0.39 is 0 Å². The standard InChI is InChI=1S/C20H20N4/c1-23(15-16-7-3-2-4-8-16)19-11-13-21-20(22-19)24-14-12-17-9-5-6-10-18(17)24/h2-11,13H,12,14-15H2,1H3. The summed E-state index contributed by atoms with van der Waals surface area (Å²) in [7, 11) is 2.07. The van der Waals surface area contributed by atoms with Crippen LogP contribution < -0.4 is 9.80 Å². The average Bonchev–Trinajstić information content (AvgIpc) is 3.07. The Morgan fingerprint density at radius 1 is 1.00 bits per heavy atom. The second-order valence-corrected chi connectivity index (χ2v) is 6.09. The number of hydrogen-bond donors (Lipinski definition) is 0. The minimum Gasteiger partial charge on any atom is -0.355 e. The van der Waals surface area contributed by atoms with Crippen molar-refractivity contribution in [2.24, 2.45) is 0 Å². The first-order valence-electron chi connectivity index (χ1n) is 8.25. The van der Waals surface area contributed by atoms with E-state index in [1.165, 1.54) is 16.8 Å². The second kappa shape index (κ2) is 6.32. The van der Waals surface area contributed by atoms with Crippen molar-refractivity contribution in [2.45, 2.75) is 13.0 Å². The average molecular weight is 316 g/mol. The first-order chi connectivity index (χ1) is 11.8. The molecule has 0 atom stereocenters. The molecule has 3 aromatic rings. The fourth-order valence-electron chi connectivity index (χ4n) is 3.17. The van der Waals surface area contributed by atoms with Gasteiger partial charge in [-0.1, -0.05) is 48.5 Å². The van der Waals surface area contributed by atoms with Crippen LogP contribution in [-0.4, -0.2) is 23.6 Å². The Kier molecular flexibility index (Phi) is 3.87. The highest BCUT2D eigenvalue weighted by Gasteiger charge is 2.22. The lowest BCUT2D eigenvalue weighted by atomic mass is 10.2. The van der Waals surface area contributed by atoms with E-state index in [0.29, 0.717) is 0 Å². The van der Waals surface area contributed by atoms with Gasteiger partial charge < -0.3 is 9.80 Å². The van der Waals surface area contributed by atoms with Crippen molar-refractivity contribution in [1.82, 2.24) is 9.97 Å². The largest absolute Gasteiger partial charge is 0.355 e. The molecule has 2 aromatic carbocycles. The van der Waals surface area contributed by atoms with Crippen LogP contribution in [0.15, 0.2) is 66.9 Å². The number of anilines is 3. The van der Waals surface area contributed by atoms with Crippen LogP contribution in [0, 0.1) is 0 Å². The van der Waals surface area contributed by atoms with Crippen molar-refractivity contribution in [1.29, 1.82) is 0 Å². The van der Waals surface area contributed by atoms with Gasteiger partial charge in [-0.25, -0.2) is 4.98 Å². The van der Waals surface area contributed by atoms with E-state index in [0.717, 1.165) is 31.3 Å². The third-order valence-electron chi connectivity index (χ3n) is 4.41. The van der Waals surface area contributed by atoms with Crippen LogP contribution in [0.5, 0.6) is 0 Å². The van der Waals surface area contributed by atoms with Crippen LogP contribution in [0.2, 0.25) is 0 Å². The number of aromatic nitrogens is 2. The fourth-order valence-corrected chi connectivity index (χ4v) is 3.17. The van der Waals surface area contributed by atoms with Crippen LogP contribution >= 0.6 is 0 Å². The van der Waals surface area contributed by atoms with Gasteiger partial charge in [0.25, 0.3) is 0 Å². The molecule has 0 saturated heterocycles. The van der Waals surface area contributed by atoms with Crippen molar-refractivity contribution in [3.05, 3.63) is 78.0 Å². The molecule has 0 aliphatic carbocycles. The summed E-state index contributed by atoms with van der Waals surface area (Å²) in [6.45, 7) is 1.76. The molecule has 4 rings (SSSR count). The van der Waals surface area contributed by atoms with E-state index in [-0.39, 0.29) is 0 Å². The van der Waals surface area contributed by atoms with Crippen LogP contribution in [0.25, 0.3) is 0 Å². The smallest absolute Gasteiger partial charge is 0.231 e. The molecule has 4 heteroatoms. The van der Waals surface area contributed by atoms with Gasteiger partial charge in [-0.2, -0.15) is 4.98 Å². The Morgan fingerprint density at radius 2 is 1.79 bits per heavy atom. The lowest BCUT2D eigenvalue weighted by molar-refractivity contribution is 0.874. The molecule has 1 aliphatic rings. The molecular formula is C20H20N4. The van der Waals surface area contributed by atoms with Crippen molar-refractivity contribution in [2.75, 3.05) is 23.4 Å². The Balaban J connectivity index is 1.58. The summed E-state index contributed by atoms with van der Waals surface area (Å²) >= 11 is 0. The quantitative estimate of drug-likeness (QED) is 0.733. The summed E-state index contributed by atoms with van der Waals surface area (Å²) in [5.41, 5.74) is 3.86. The highest BCUT2D eigenvalue weighted by Crippen LogP contribution is 2.32. The molecule has 1 aliphatic heterocycles. The minimum atomic E-state index is 0.775. The Morgan fingerprint density at radius 3 is 2.67 bits per heavy atom. The van der Waals surface area contributed by atoms with Gasteiger partial charge in [0.05, 0.1) is 0 Å². The number of hydrogen-bond acceptors (Lipinski definition) is 4. The van der Waals surface area contributed by atoms with Crippen LogP contribution in [0.3, 0.4) is 0 Å². The van der Waals surface area contributed by atoms with Gasteiger partial charge in [-0.05, 0) is 29.7 Å². The maximum absolute atomic E-state index is 4.79. The van der Waals surface area contributed by atoms with Gasteiger partial charge >= 0.3 is 0 Å². The third-order valence-corrected chi connectivity index (χ3v) is 4.41.